The average molecular weight is 260 g/mol. The highest BCUT2D eigenvalue weighted by molar-refractivity contribution is 5.76. The van der Waals surface area contributed by atoms with Crippen molar-refractivity contribution in [2.45, 2.75) is 19.9 Å². The maximum atomic E-state index is 4.65. The van der Waals surface area contributed by atoms with Crippen LogP contribution in [0.25, 0.3) is 11.0 Å². The van der Waals surface area contributed by atoms with Crippen LogP contribution in [-0.2, 0) is 13.0 Å². The van der Waals surface area contributed by atoms with Crippen LogP contribution in [0, 0.1) is 11.8 Å². The Bertz CT molecular complexity index is 773. The van der Waals surface area contributed by atoms with Gasteiger partial charge in [-0.05, 0) is 24.3 Å². The Hall–Kier alpha value is -2.53. The fraction of sp³-hybridized carbons (Fsp3) is 0.167. The molecule has 3 rings (SSSR count). The molecule has 20 heavy (non-hydrogen) atoms. The van der Waals surface area contributed by atoms with Gasteiger partial charge in [0.05, 0.1) is 17.6 Å². The van der Waals surface area contributed by atoms with E-state index in [0.717, 1.165) is 28.8 Å². The number of para-hydroxylation sites is 2. The van der Waals surface area contributed by atoms with E-state index in [4.69, 9.17) is 0 Å². The van der Waals surface area contributed by atoms with E-state index in [1.54, 1.807) is 0 Å². The Morgan fingerprint density at radius 1 is 1.00 bits per heavy atom. The van der Waals surface area contributed by atoms with Crippen LogP contribution in [0.2, 0.25) is 0 Å². The van der Waals surface area contributed by atoms with Gasteiger partial charge in [-0.15, -0.1) is 0 Å². The fourth-order valence-corrected chi connectivity index (χ4v) is 2.31. The molecular weight excluding hydrogens is 244 g/mol. The van der Waals surface area contributed by atoms with E-state index < -0.39 is 0 Å². The predicted octanol–water partition coefficient (Wildman–Crippen LogP) is 3.65. The van der Waals surface area contributed by atoms with Crippen molar-refractivity contribution < 1.29 is 0 Å². The first-order valence-electron chi connectivity index (χ1n) is 6.86. The number of imidazole rings is 1. The van der Waals surface area contributed by atoms with Crippen molar-refractivity contribution in [3.05, 3.63) is 66.0 Å². The zero-order valence-electron chi connectivity index (χ0n) is 11.5. The number of rotatable bonds is 2. The summed E-state index contributed by atoms with van der Waals surface area (Å²) < 4.78 is 2.20. The van der Waals surface area contributed by atoms with Gasteiger partial charge in [0.15, 0.2) is 0 Å². The maximum Gasteiger partial charge on any atom is 0.110 e. The lowest BCUT2D eigenvalue weighted by molar-refractivity contribution is 0.782. The fourth-order valence-electron chi connectivity index (χ4n) is 2.31. The molecule has 0 aliphatic carbocycles. The van der Waals surface area contributed by atoms with Crippen molar-refractivity contribution >= 4 is 11.0 Å². The molecule has 0 aliphatic heterocycles. The summed E-state index contributed by atoms with van der Waals surface area (Å²) in [7, 11) is 0. The second kappa shape index (κ2) is 5.63. The summed E-state index contributed by atoms with van der Waals surface area (Å²) >= 11 is 0. The van der Waals surface area contributed by atoms with Gasteiger partial charge in [-0.3, -0.25) is 0 Å². The molecule has 0 N–H and O–H groups in total. The Labute approximate surface area is 119 Å². The van der Waals surface area contributed by atoms with Crippen molar-refractivity contribution in [1.29, 1.82) is 0 Å². The number of nitrogens with zero attached hydrogens (tertiary/aromatic N) is 2. The Morgan fingerprint density at radius 3 is 2.55 bits per heavy atom. The van der Waals surface area contributed by atoms with Gasteiger partial charge in [0.2, 0.25) is 0 Å². The molecule has 0 spiro atoms. The summed E-state index contributed by atoms with van der Waals surface area (Å²) in [6.45, 7) is 2.81. The van der Waals surface area contributed by atoms with Crippen molar-refractivity contribution in [3.8, 4) is 11.8 Å². The van der Waals surface area contributed by atoms with Crippen LogP contribution < -0.4 is 0 Å². The lowest BCUT2D eigenvalue weighted by Crippen LogP contribution is -2.01. The second-order valence-corrected chi connectivity index (χ2v) is 4.62. The van der Waals surface area contributed by atoms with Crippen molar-refractivity contribution in [1.82, 2.24) is 9.55 Å². The van der Waals surface area contributed by atoms with Gasteiger partial charge < -0.3 is 4.57 Å². The minimum atomic E-state index is 0.679. The molecule has 0 bridgehead atoms. The number of hydrogen-bond acceptors (Lipinski definition) is 1. The molecule has 0 saturated heterocycles. The summed E-state index contributed by atoms with van der Waals surface area (Å²) in [6, 6.07) is 18.3. The molecule has 0 aliphatic rings. The van der Waals surface area contributed by atoms with E-state index >= 15 is 0 Å². The lowest BCUT2D eigenvalue weighted by atomic mass is 10.2. The third kappa shape index (κ3) is 2.44. The standard InChI is InChI=1S/C18H16N2/c1-2-18-19-16-12-6-7-13-17(16)20(18)14-8-11-15-9-4-3-5-10-15/h3-7,9-10,12-13H,2,14H2,1H3. The van der Waals surface area contributed by atoms with Gasteiger partial charge in [0.1, 0.15) is 5.82 Å². The molecule has 3 aromatic rings. The first-order valence-corrected chi connectivity index (χ1v) is 6.86. The van der Waals surface area contributed by atoms with Crippen molar-refractivity contribution in [2.75, 3.05) is 0 Å². The average Bonchev–Trinajstić information content (AvgIpc) is 2.87. The minimum Gasteiger partial charge on any atom is -0.316 e. The number of aryl methyl sites for hydroxylation is 1. The van der Waals surface area contributed by atoms with Crippen LogP contribution in [0.5, 0.6) is 0 Å². The molecule has 1 heterocycles. The van der Waals surface area contributed by atoms with Crippen molar-refractivity contribution in [3.63, 3.8) is 0 Å². The largest absolute Gasteiger partial charge is 0.316 e. The van der Waals surface area contributed by atoms with E-state index in [2.05, 4.69) is 40.4 Å². The molecule has 0 atom stereocenters. The quantitative estimate of drug-likeness (QED) is 0.643. The second-order valence-electron chi connectivity index (χ2n) is 4.62. The Balaban J connectivity index is 1.93. The van der Waals surface area contributed by atoms with Crippen LogP contribution >= 0.6 is 0 Å². The molecular formula is C18H16N2. The SMILES string of the molecule is CCc1nc2ccccc2n1CC#Cc1ccccc1. The highest BCUT2D eigenvalue weighted by Crippen LogP contribution is 2.15. The topological polar surface area (TPSA) is 17.8 Å². The third-order valence-electron chi connectivity index (χ3n) is 3.29. The zero-order chi connectivity index (χ0) is 13.8. The summed E-state index contributed by atoms with van der Waals surface area (Å²) in [5, 5.41) is 0. The number of fused-ring (bicyclic) bond motifs is 1. The Morgan fingerprint density at radius 2 is 1.75 bits per heavy atom. The molecule has 2 aromatic carbocycles. The van der Waals surface area contributed by atoms with Crippen LogP contribution in [-0.4, -0.2) is 9.55 Å². The highest BCUT2D eigenvalue weighted by atomic mass is 15.1. The van der Waals surface area contributed by atoms with E-state index in [9.17, 15) is 0 Å². The molecule has 2 nitrogen and oxygen atoms in total. The number of aromatic nitrogens is 2. The summed E-state index contributed by atoms with van der Waals surface area (Å²) in [5.41, 5.74) is 3.26. The molecule has 0 fully saturated rings. The normalized spacial score (nSPS) is 10.2. The molecule has 0 radical (unpaired) electrons. The first-order chi connectivity index (χ1) is 9.88. The van der Waals surface area contributed by atoms with Gasteiger partial charge in [0, 0.05) is 12.0 Å². The van der Waals surface area contributed by atoms with Crippen LogP contribution in [0.4, 0.5) is 0 Å². The van der Waals surface area contributed by atoms with Crippen LogP contribution in [0.3, 0.4) is 0 Å². The molecule has 2 heteroatoms. The van der Waals surface area contributed by atoms with Gasteiger partial charge in [-0.1, -0.05) is 49.1 Å². The molecule has 1 aromatic heterocycles. The predicted molar refractivity (Wildman–Crippen MR) is 82.4 cm³/mol. The number of benzene rings is 2. The van der Waals surface area contributed by atoms with E-state index in [1.165, 1.54) is 0 Å². The summed E-state index contributed by atoms with van der Waals surface area (Å²) in [4.78, 5) is 4.65. The minimum absolute atomic E-state index is 0.679. The Kier molecular flexibility index (Phi) is 3.52. The molecule has 0 saturated carbocycles. The smallest absolute Gasteiger partial charge is 0.110 e. The molecule has 98 valence electrons. The number of hydrogen-bond donors (Lipinski definition) is 0. The maximum absolute atomic E-state index is 4.65. The van der Waals surface area contributed by atoms with Crippen molar-refractivity contribution in [2.24, 2.45) is 0 Å². The first kappa shape index (κ1) is 12.5. The van der Waals surface area contributed by atoms with E-state index in [0.29, 0.717) is 6.54 Å². The van der Waals surface area contributed by atoms with E-state index in [1.807, 2.05) is 42.5 Å². The van der Waals surface area contributed by atoms with Gasteiger partial charge >= 0.3 is 0 Å². The van der Waals surface area contributed by atoms with E-state index in [-0.39, 0.29) is 0 Å². The monoisotopic (exact) mass is 260 g/mol. The van der Waals surface area contributed by atoms with Crippen LogP contribution in [0.1, 0.15) is 18.3 Å². The summed E-state index contributed by atoms with van der Waals surface area (Å²) in [6.07, 6.45) is 0.918. The third-order valence-corrected chi connectivity index (χ3v) is 3.29. The summed E-state index contributed by atoms with van der Waals surface area (Å²) in [5.74, 6) is 7.54. The van der Waals surface area contributed by atoms with Crippen LogP contribution in [0.15, 0.2) is 54.6 Å². The zero-order valence-corrected chi connectivity index (χ0v) is 11.5. The molecule has 0 unspecified atom stereocenters. The van der Waals surface area contributed by atoms with Gasteiger partial charge in [0.25, 0.3) is 0 Å². The lowest BCUT2D eigenvalue weighted by Gasteiger charge is -2.02. The van der Waals surface area contributed by atoms with Gasteiger partial charge in [-0.2, -0.15) is 0 Å². The highest BCUT2D eigenvalue weighted by Gasteiger charge is 2.06. The molecule has 0 amide bonds. The van der Waals surface area contributed by atoms with Gasteiger partial charge in [-0.25, -0.2) is 4.98 Å².